The van der Waals surface area contributed by atoms with E-state index in [1.54, 1.807) is 0 Å². The third-order valence-electron chi connectivity index (χ3n) is 12.2. The number of fused-ring (bicyclic) bond motifs is 2. The van der Waals surface area contributed by atoms with Crippen molar-refractivity contribution in [3.8, 4) is 22.3 Å². The zero-order valence-corrected chi connectivity index (χ0v) is 38.8. The van der Waals surface area contributed by atoms with E-state index >= 15 is 0 Å². The third kappa shape index (κ3) is 8.50. The Morgan fingerprint density at radius 2 is 0.565 bits per heavy atom. The number of hydrogen-bond donors (Lipinski definition) is 0. The molecule has 0 bridgehead atoms. The molecule has 0 aromatic heterocycles. The van der Waals surface area contributed by atoms with Gasteiger partial charge in [0.05, 0.1) is 16.1 Å². The van der Waals surface area contributed by atoms with Crippen molar-refractivity contribution in [1.82, 2.24) is 0 Å². The van der Waals surface area contributed by atoms with Gasteiger partial charge < -0.3 is 0 Å². The van der Waals surface area contributed by atoms with E-state index in [4.69, 9.17) is 0 Å². The fourth-order valence-electron chi connectivity index (χ4n) is 8.78. The quantitative estimate of drug-likeness (QED) is 0.0732. The van der Waals surface area contributed by atoms with Crippen molar-refractivity contribution < 1.29 is 0 Å². The van der Waals surface area contributed by atoms with Crippen LogP contribution < -0.4 is 10.4 Å². The molecule has 302 valence electrons. The second-order valence-electron chi connectivity index (χ2n) is 18.6. The minimum atomic E-state index is -1.38. The summed E-state index contributed by atoms with van der Waals surface area (Å²) in [4.78, 5) is 0. The Hall–Kier alpha value is -6.59. The van der Waals surface area contributed by atoms with Gasteiger partial charge in [-0.3, -0.25) is 0 Å². The Morgan fingerprint density at radius 1 is 0.290 bits per heavy atom. The van der Waals surface area contributed by atoms with Gasteiger partial charge in [0.25, 0.3) is 0 Å². The molecule has 0 aliphatic rings. The Kier molecular flexibility index (Phi) is 11.2. The molecule has 0 aliphatic heterocycles. The van der Waals surface area contributed by atoms with E-state index in [0.717, 1.165) is 0 Å². The predicted molar refractivity (Wildman–Crippen MR) is 278 cm³/mol. The van der Waals surface area contributed by atoms with Crippen molar-refractivity contribution in [2.75, 3.05) is 0 Å². The molecule has 9 rings (SSSR count). The van der Waals surface area contributed by atoms with E-state index in [9.17, 15) is 0 Å². The zero-order chi connectivity index (χ0) is 42.8. The maximum absolute atomic E-state index is 2.40. The Morgan fingerprint density at radius 3 is 0.855 bits per heavy atom. The van der Waals surface area contributed by atoms with Crippen LogP contribution in [0.4, 0.5) is 0 Å². The van der Waals surface area contributed by atoms with Gasteiger partial charge in [0.1, 0.15) is 0 Å². The van der Waals surface area contributed by atoms with E-state index in [2.05, 4.69) is 258 Å². The van der Waals surface area contributed by atoms with Crippen LogP contribution in [-0.2, 0) is 0 Å². The zero-order valence-electron chi connectivity index (χ0n) is 36.8. The number of benzene rings is 9. The molecule has 0 spiro atoms. The molecular weight excluding hydrogens is 777 g/mol. The maximum atomic E-state index is 2.40. The van der Waals surface area contributed by atoms with Crippen molar-refractivity contribution in [1.29, 1.82) is 0 Å². The molecule has 0 atom stereocenters. The number of rotatable bonds is 10. The topological polar surface area (TPSA) is 0 Å². The van der Waals surface area contributed by atoms with Crippen molar-refractivity contribution >= 4 is 71.4 Å². The van der Waals surface area contributed by atoms with Gasteiger partial charge in [-0.05, 0) is 100 Å². The van der Waals surface area contributed by atoms with Crippen LogP contribution >= 0.6 is 0 Å². The summed E-state index contributed by atoms with van der Waals surface area (Å²) in [6, 6.07) is 76.4. The van der Waals surface area contributed by atoms with E-state index < -0.39 is 16.1 Å². The van der Waals surface area contributed by atoms with Gasteiger partial charge in [0, 0.05) is 0 Å². The van der Waals surface area contributed by atoms with Crippen LogP contribution in [0.3, 0.4) is 0 Å². The van der Waals surface area contributed by atoms with Crippen molar-refractivity contribution in [2.45, 2.75) is 39.3 Å². The van der Waals surface area contributed by atoms with Crippen LogP contribution in [0.25, 0.3) is 67.1 Å². The largest absolute Gasteiger partial charge is 0.0775 e. The molecule has 2 heteroatoms. The van der Waals surface area contributed by atoms with Gasteiger partial charge in [0.2, 0.25) is 0 Å². The second-order valence-corrected chi connectivity index (χ2v) is 28.7. The van der Waals surface area contributed by atoms with Crippen LogP contribution in [-0.4, -0.2) is 16.1 Å². The molecule has 0 aliphatic carbocycles. The first-order valence-corrected chi connectivity index (χ1v) is 28.9. The normalized spacial score (nSPS) is 12.5. The Balaban J connectivity index is 1.12. The minimum Gasteiger partial charge on any atom is -0.0656 e. The molecule has 9 aromatic rings. The Labute approximate surface area is 370 Å². The summed E-state index contributed by atoms with van der Waals surface area (Å²) >= 11 is 0. The maximum Gasteiger partial charge on any atom is 0.0775 e. The van der Waals surface area contributed by atoms with Crippen molar-refractivity contribution in [2.24, 2.45) is 0 Å². The lowest BCUT2D eigenvalue weighted by Crippen LogP contribution is -2.37. The summed E-state index contributed by atoms with van der Waals surface area (Å²) in [6.45, 7) is 14.4. The Bertz CT molecular complexity index is 2780. The highest BCUT2D eigenvalue weighted by Crippen LogP contribution is 2.44. The standard InChI is InChI=1S/C60H54Si2/c1-61(2,3)51-37-25-43(26-38-51)41-57(45-17-9-7-10-18-45)47-29-33-49(34-30-47)59-53-21-13-15-23-55(53)60(56-24-16-14-22-54(56)59)50-35-31-48(32-36-50)58(46-19-11-8-12-20-46)42-44-27-39-52(40-28-44)62(4,5)6/h7-42H,1-6H3. The molecule has 0 saturated heterocycles. The van der Waals surface area contributed by atoms with Gasteiger partial charge >= 0.3 is 0 Å². The van der Waals surface area contributed by atoms with Gasteiger partial charge in [-0.1, -0.05) is 256 Å². The van der Waals surface area contributed by atoms with Gasteiger partial charge in [0.15, 0.2) is 0 Å². The smallest absolute Gasteiger partial charge is 0.0656 e. The van der Waals surface area contributed by atoms with Crippen LogP contribution in [0.2, 0.25) is 39.3 Å². The average molecular weight is 831 g/mol. The SMILES string of the molecule is C[Si](C)(C)c1ccc(C=C(c2ccccc2)c2ccc(-c3c4ccccc4c(-c4ccc(C(=Cc5ccc([Si](C)(C)C)cc5)c5ccccc5)cc4)c4ccccc34)cc2)cc1. The molecule has 0 heterocycles. The first kappa shape index (κ1) is 40.8. The van der Waals surface area contributed by atoms with Crippen LogP contribution in [0.15, 0.2) is 206 Å². The number of hydrogen-bond acceptors (Lipinski definition) is 0. The monoisotopic (exact) mass is 830 g/mol. The van der Waals surface area contributed by atoms with E-state index in [1.807, 2.05) is 0 Å². The predicted octanol–water partition coefficient (Wildman–Crippen LogP) is 15.6. The van der Waals surface area contributed by atoms with Gasteiger partial charge in [-0.15, -0.1) is 0 Å². The summed E-state index contributed by atoms with van der Waals surface area (Å²) in [5.41, 5.74) is 14.7. The highest BCUT2D eigenvalue weighted by atomic mass is 28.3. The van der Waals surface area contributed by atoms with Crippen LogP contribution in [0.1, 0.15) is 33.4 Å². The molecule has 0 radical (unpaired) electrons. The molecule has 9 aromatic carbocycles. The average Bonchev–Trinajstić information content (AvgIpc) is 3.30. The van der Waals surface area contributed by atoms with Crippen LogP contribution in [0, 0.1) is 0 Å². The van der Waals surface area contributed by atoms with E-state index in [-0.39, 0.29) is 0 Å². The van der Waals surface area contributed by atoms with Gasteiger partial charge in [-0.25, -0.2) is 0 Å². The highest BCUT2D eigenvalue weighted by Gasteiger charge is 2.19. The first-order valence-electron chi connectivity index (χ1n) is 21.9. The molecule has 0 fully saturated rings. The molecule has 0 amide bonds. The van der Waals surface area contributed by atoms with Gasteiger partial charge in [-0.2, -0.15) is 0 Å². The molecule has 62 heavy (non-hydrogen) atoms. The summed E-state index contributed by atoms with van der Waals surface area (Å²) < 4.78 is 0. The fraction of sp³-hybridized carbons (Fsp3) is 0.100. The molecular formula is C60H54Si2. The lowest BCUT2D eigenvalue weighted by atomic mass is 9.85. The third-order valence-corrected chi connectivity index (χ3v) is 16.4. The highest BCUT2D eigenvalue weighted by molar-refractivity contribution is 6.89. The summed E-state index contributed by atoms with van der Waals surface area (Å²) in [6.07, 6.45) is 4.68. The molecule has 0 unspecified atom stereocenters. The first-order chi connectivity index (χ1) is 30.0. The van der Waals surface area contributed by atoms with E-state index in [1.165, 1.54) is 98.7 Å². The summed E-state index contributed by atoms with van der Waals surface area (Å²) in [5.74, 6) is 0. The molecule has 0 N–H and O–H groups in total. The van der Waals surface area contributed by atoms with Crippen molar-refractivity contribution in [3.63, 3.8) is 0 Å². The molecule has 0 nitrogen and oxygen atoms in total. The minimum absolute atomic E-state index is 1.20. The lowest BCUT2D eigenvalue weighted by Gasteiger charge is -2.19. The molecule has 0 saturated carbocycles. The summed E-state index contributed by atoms with van der Waals surface area (Å²) in [7, 11) is -2.77. The van der Waals surface area contributed by atoms with Crippen LogP contribution in [0.5, 0.6) is 0 Å². The second kappa shape index (κ2) is 17.1. The summed E-state index contributed by atoms with van der Waals surface area (Å²) in [5, 5.41) is 7.98. The lowest BCUT2D eigenvalue weighted by molar-refractivity contribution is 1.54. The fourth-order valence-corrected chi connectivity index (χ4v) is 11.1. The van der Waals surface area contributed by atoms with E-state index in [0.29, 0.717) is 0 Å². The van der Waals surface area contributed by atoms with Crippen molar-refractivity contribution in [3.05, 3.63) is 240 Å².